The van der Waals surface area contributed by atoms with Gasteiger partial charge in [-0.2, -0.15) is 22.6 Å². The molecule has 2 aromatic carbocycles. The quantitative estimate of drug-likeness (QED) is 0.350. The molecule has 3 heterocycles. The Balaban J connectivity index is 1.36. The van der Waals surface area contributed by atoms with Crippen LogP contribution in [-0.4, -0.2) is 57.8 Å². The number of nitrogens with zero attached hydrogens (tertiary/aromatic N) is 5. The molecule has 2 fully saturated rings. The first-order valence-corrected chi connectivity index (χ1v) is 13.7. The van der Waals surface area contributed by atoms with Crippen LogP contribution in [-0.2, 0) is 16.2 Å². The van der Waals surface area contributed by atoms with Gasteiger partial charge in [0, 0.05) is 25.0 Å². The van der Waals surface area contributed by atoms with Crippen molar-refractivity contribution in [3.63, 3.8) is 0 Å². The molecule has 8 nitrogen and oxygen atoms in total. The normalized spacial score (nSPS) is 17.6. The molecule has 0 bridgehead atoms. The van der Waals surface area contributed by atoms with E-state index < -0.39 is 50.4 Å². The standard InChI is InChI=1S/C26H22F5N5O3S/c1-15-17-11-21(35-10-9-34(14-25(35)7-8-25)40(38,39)16-5-3-2-4-6-16)32-13-20(17)36(33-15)19-12-18(26(29,30)31)22(27)24(37)23(19)28/h2-6,11-13,37H,7-10,14H2,1H3. The summed E-state index contributed by atoms with van der Waals surface area (Å²) in [6.07, 6.45) is -2.37. The lowest BCUT2D eigenvalue weighted by molar-refractivity contribution is -0.140. The van der Waals surface area contributed by atoms with Crippen LogP contribution in [0.4, 0.5) is 27.8 Å². The highest BCUT2D eigenvalue weighted by atomic mass is 32.2. The second kappa shape index (κ2) is 8.86. The van der Waals surface area contributed by atoms with E-state index in [0.29, 0.717) is 23.4 Å². The second-order valence-corrected chi connectivity index (χ2v) is 11.9. The molecule has 0 atom stereocenters. The van der Waals surface area contributed by atoms with Crippen molar-refractivity contribution in [2.24, 2.45) is 0 Å². The third kappa shape index (κ3) is 4.08. The van der Waals surface area contributed by atoms with Crippen LogP contribution in [0.25, 0.3) is 16.6 Å². The van der Waals surface area contributed by atoms with E-state index in [1.165, 1.54) is 10.5 Å². The van der Waals surface area contributed by atoms with Gasteiger partial charge in [0.25, 0.3) is 0 Å². The Labute approximate surface area is 225 Å². The molecule has 0 amide bonds. The van der Waals surface area contributed by atoms with Gasteiger partial charge in [-0.15, -0.1) is 0 Å². The lowest BCUT2D eigenvalue weighted by Crippen LogP contribution is -2.56. The fourth-order valence-corrected chi connectivity index (χ4v) is 6.80. The van der Waals surface area contributed by atoms with Gasteiger partial charge in [0.05, 0.1) is 33.4 Å². The van der Waals surface area contributed by atoms with Crippen molar-refractivity contribution in [3.05, 3.63) is 71.6 Å². The molecule has 14 heteroatoms. The first kappa shape index (κ1) is 26.4. The number of phenolic OH excluding ortho intramolecular Hbond substituents is 1. The predicted molar refractivity (Wildman–Crippen MR) is 135 cm³/mol. The lowest BCUT2D eigenvalue weighted by atomic mass is 10.1. The van der Waals surface area contributed by atoms with Crippen LogP contribution >= 0.6 is 0 Å². The highest BCUT2D eigenvalue weighted by molar-refractivity contribution is 7.89. The zero-order valence-corrected chi connectivity index (χ0v) is 21.8. The number of hydrogen-bond donors (Lipinski definition) is 1. The van der Waals surface area contributed by atoms with Gasteiger partial charge in [0.2, 0.25) is 10.0 Å². The molecule has 1 spiro atoms. The second-order valence-electron chi connectivity index (χ2n) is 10.0. The number of aromatic hydroxyl groups is 1. The van der Waals surface area contributed by atoms with Crippen molar-refractivity contribution in [1.29, 1.82) is 0 Å². The average molecular weight is 580 g/mol. The van der Waals surface area contributed by atoms with Crippen LogP contribution in [0.3, 0.4) is 0 Å². The van der Waals surface area contributed by atoms with E-state index in [2.05, 4.69) is 10.1 Å². The zero-order chi connectivity index (χ0) is 28.6. The van der Waals surface area contributed by atoms with Crippen LogP contribution in [0.1, 0.15) is 24.1 Å². The number of aryl methyl sites for hydroxylation is 1. The van der Waals surface area contributed by atoms with E-state index in [1.54, 1.807) is 43.3 Å². The Morgan fingerprint density at radius 2 is 1.73 bits per heavy atom. The smallest absolute Gasteiger partial charge is 0.419 e. The largest absolute Gasteiger partial charge is 0.503 e. The first-order chi connectivity index (χ1) is 18.8. The molecule has 1 aliphatic heterocycles. The maximum atomic E-state index is 14.8. The first-order valence-electron chi connectivity index (χ1n) is 12.3. The van der Waals surface area contributed by atoms with Gasteiger partial charge in [0.15, 0.2) is 17.4 Å². The van der Waals surface area contributed by atoms with Gasteiger partial charge < -0.3 is 10.0 Å². The molecule has 0 unspecified atom stereocenters. The Bertz CT molecular complexity index is 1750. The van der Waals surface area contributed by atoms with Crippen molar-refractivity contribution in [2.75, 3.05) is 24.5 Å². The molecule has 6 rings (SSSR count). The summed E-state index contributed by atoms with van der Waals surface area (Å²) < 4.78 is 97.6. The SMILES string of the molecule is Cc1nn(-c2cc(C(F)(F)F)c(F)c(O)c2F)c2cnc(N3CCN(S(=O)(=O)c4ccccc4)CC34CC4)cc12. The van der Waals surface area contributed by atoms with Crippen LogP contribution in [0, 0.1) is 18.6 Å². The minimum atomic E-state index is -5.18. The van der Waals surface area contributed by atoms with Crippen molar-refractivity contribution in [2.45, 2.75) is 36.4 Å². The van der Waals surface area contributed by atoms with E-state index in [9.17, 15) is 35.5 Å². The Kier molecular flexibility index (Phi) is 5.86. The number of pyridine rings is 1. The number of hydrogen-bond acceptors (Lipinski definition) is 6. The van der Waals surface area contributed by atoms with Crippen molar-refractivity contribution >= 4 is 26.7 Å². The third-order valence-corrected chi connectivity index (χ3v) is 9.39. The maximum absolute atomic E-state index is 14.8. The number of fused-ring (bicyclic) bond motifs is 1. The maximum Gasteiger partial charge on any atom is 0.419 e. The van der Waals surface area contributed by atoms with Gasteiger partial charge in [-0.05, 0) is 44.0 Å². The number of alkyl halides is 3. The van der Waals surface area contributed by atoms with Crippen LogP contribution < -0.4 is 4.90 Å². The average Bonchev–Trinajstić information content (AvgIpc) is 3.61. The summed E-state index contributed by atoms with van der Waals surface area (Å²) in [6, 6.07) is 10.1. The molecule has 1 aliphatic carbocycles. The Morgan fingerprint density at radius 3 is 2.38 bits per heavy atom. The number of phenols is 1. The lowest BCUT2D eigenvalue weighted by Gasteiger charge is -2.42. The number of sulfonamides is 1. The number of halogens is 5. The van der Waals surface area contributed by atoms with Crippen molar-refractivity contribution in [3.8, 4) is 11.4 Å². The molecular formula is C26H22F5N5O3S. The molecule has 2 aliphatic rings. The summed E-state index contributed by atoms with van der Waals surface area (Å²) in [6.45, 7) is 2.42. The van der Waals surface area contributed by atoms with Gasteiger partial charge in [0.1, 0.15) is 11.5 Å². The molecule has 1 saturated carbocycles. The number of benzene rings is 2. The molecule has 0 radical (unpaired) electrons. The molecule has 210 valence electrons. The molecule has 1 saturated heterocycles. The Morgan fingerprint density at radius 1 is 1.02 bits per heavy atom. The summed E-state index contributed by atoms with van der Waals surface area (Å²) in [7, 11) is -3.68. The number of aromatic nitrogens is 3. The molecule has 40 heavy (non-hydrogen) atoms. The minimum Gasteiger partial charge on any atom is -0.503 e. The summed E-state index contributed by atoms with van der Waals surface area (Å²) in [4.78, 5) is 6.71. The van der Waals surface area contributed by atoms with Crippen molar-refractivity contribution < 1.29 is 35.5 Å². The van der Waals surface area contributed by atoms with Gasteiger partial charge in [-0.3, -0.25) is 0 Å². The van der Waals surface area contributed by atoms with Gasteiger partial charge in [-0.25, -0.2) is 26.9 Å². The van der Waals surface area contributed by atoms with E-state index >= 15 is 0 Å². The van der Waals surface area contributed by atoms with Gasteiger partial charge >= 0.3 is 6.18 Å². The zero-order valence-electron chi connectivity index (χ0n) is 21.0. The number of piperazine rings is 1. The van der Waals surface area contributed by atoms with E-state index in [1.807, 2.05) is 4.90 Å². The topological polar surface area (TPSA) is 91.6 Å². The summed E-state index contributed by atoms with van der Waals surface area (Å²) >= 11 is 0. The van der Waals surface area contributed by atoms with Crippen LogP contribution in [0.2, 0.25) is 0 Å². The van der Waals surface area contributed by atoms with E-state index in [4.69, 9.17) is 0 Å². The van der Waals surface area contributed by atoms with Crippen LogP contribution in [0.5, 0.6) is 5.75 Å². The predicted octanol–water partition coefficient (Wildman–Crippen LogP) is 4.78. The fraction of sp³-hybridized carbons (Fsp3) is 0.308. The van der Waals surface area contributed by atoms with E-state index in [0.717, 1.165) is 17.5 Å². The summed E-state index contributed by atoms with van der Waals surface area (Å²) in [5.74, 6) is -4.94. The molecule has 2 aromatic heterocycles. The van der Waals surface area contributed by atoms with Crippen LogP contribution in [0.15, 0.2) is 53.6 Å². The molecule has 4 aromatic rings. The molecule has 1 N–H and O–H groups in total. The monoisotopic (exact) mass is 579 g/mol. The molecular weight excluding hydrogens is 557 g/mol. The highest BCUT2D eigenvalue weighted by Gasteiger charge is 2.54. The van der Waals surface area contributed by atoms with Gasteiger partial charge in [-0.1, -0.05) is 18.2 Å². The fourth-order valence-electron chi connectivity index (χ4n) is 5.27. The Hall–Kier alpha value is -3.78. The summed E-state index contributed by atoms with van der Waals surface area (Å²) in [5, 5.41) is 14.4. The summed E-state index contributed by atoms with van der Waals surface area (Å²) in [5.41, 5.74) is -2.58. The number of anilines is 1. The highest BCUT2D eigenvalue weighted by Crippen LogP contribution is 2.47. The third-order valence-electron chi connectivity index (χ3n) is 7.53. The van der Waals surface area contributed by atoms with Crippen molar-refractivity contribution in [1.82, 2.24) is 19.1 Å². The minimum absolute atomic E-state index is 0.148. The van der Waals surface area contributed by atoms with E-state index in [-0.39, 0.29) is 29.6 Å². The number of rotatable bonds is 4.